The molecule has 0 amide bonds. The minimum absolute atomic E-state index is 0.242. The number of carbonyl (C=O) groups excluding carboxylic acids is 1. The highest BCUT2D eigenvalue weighted by Crippen LogP contribution is 2.21. The lowest BCUT2D eigenvalue weighted by atomic mass is 9.97. The van der Waals surface area contributed by atoms with Gasteiger partial charge in [-0.2, -0.15) is 0 Å². The Labute approximate surface area is 125 Å². The standard InChI is InChI=1S/C18H20O3/c1-18(2,3)17(20)21-16-10-6-14(7-11-16)12-13-4-8-15(19)9-5-13/h4-11,19H,12H2,1-3H3. The molecule has 21 heavy (non-hydrogen) atoms. The van der Waals surface area contributed by atoms with E-state index in [-0.39, 0.29) is 11.7 Å². The van der Waals surface area contributed by atoms with Crippen molar-refractivity contribution in [3.8, 4) is 11.5 Å². The number of phenolic OH excluding ortho intramolecular Hbond substituents is 1. The van der Waals surface area contributed by atoms with Crippen LogP contribution in [0.15, 0.2) is 48.5 Å². The van der Waals surface area contributed by atoms with Crippen LogP contribution < -0.4 is 4.74 Å². The smallest absolute Gasteiger partial charge is 0.316 e. The van der Waals surface area contributed by atoms with Crippen LogP contribution in [0.4, 0.5) is 0 Å². The monoisotopic (exact) mass is 284 g/mol. The molecule has 2 rings (SSSR count). The number of hydrogen-bond donors (Lipinski definition) is 1. The molecule has 0 fully saturated rings. The van der Waals surface area contributed by atoms with Gasteiger partial charge >= 0.3 is 5.97 Å². The maximum Gasteiger partial charge on any atom is 0.316 e. The van der Waals surface area contributed by atoms with Gasteiger partial charge in [0.1, 0.15) is 11.5 Å². The Hall–Kier alpha value is -2.29. The summed E-state index contributed by atoms with van der Waals surface area (Å²) in [5, 5.41) is 9.26. The van der Waals surface area contributed by atoms with Crippen LogP contribution in [0.25, 0.3) is 0 Å². The van der Waals surface area contributed by atoms with Gasteiger partial charge in [0.15, 0.2) is 0 Å². The van der Waals surface area contributed by atoms with Crippen molar-refractivity contribution < 1.29 is 14.6 Å². The molecule has 0 radical (unpaired) electrons. The van der Waals surface area contributed by atoms with Crippen LogP contribution in [-0.4, -0.2) is 11.1 Å². The maximum absolute atomic E-state index is 11.8. The number of ether oxygens (including phenoxy) is 1. The molecule has 1 N–H and O–H groups in total. The third-order valence-corrected chi connectivity index (χ3v) is 3.09. The molecule has 3 nitrogen and oxygen atoms in total. The molecule has 0 aliphatic carbocycles. The molecule has 3 heteroatoms. The van der Waals surface area contributed by atoms with E-state index in [1.165, 1.54) is 0 Å². The summed E-state index contributed by atoms with van der Waals surface area (Å²) in [5.41, 5.74) is 1.73. The van der Waals surface area contributed by atoms with E-state index in [4.69, 9.17) is 4.74 Å². The Balaban J connectivity index is 2.02. The molecule has 0 unspecified atom stereocenters. The van der Waals surface area contributed by atoms with Gasteiger partial charge in [0.2, 0.25) is 0 Å². The first-order chi connectivity index (χ1) is 9.84. The predicted octanol–water partition coefficient (Wildman–Crippen LogP) is 3.93. The largest absolute Gasteiger partial charge is 0.508 e. The fourth-order valence-electron chi connectivity index (χ4n) is 1.78. The van der Waals surface area contributed by atoms with Gasteiger partial charge in [0.25, 0.3) is 0 Å². The molecule has 0 atom stereocenters. The minimum Gasteiger partial charge on any atom is -0.508 e. The molecule has 2 aromatic carbocycles. The molecule has 0 saturated carbocycles. The van der Waals surface area contributed by atoms with Crippen LogP contribution in [0.1, 0.15) is 31.9 Å². The third-order valence-electron chi connectivity index (χ3n) is 3.09. The van der Waals surface area contributed by atoms with Gasteiger partial charge in [0, 0.05) is 0 Å². The number of esters is 1. The van der Waals surface area contributed by atoms with Crippen LogP contribution >= 0.6 is 0 Å². The van der Waals surface area contributed by atoms with Crippen LogP contribution in [0.5, 0.6) is 11.5 Å². The molecule has 0 spiro atoms. The topological polar surface area (TPSA) is 46.5 Å². The van der Waals surface area contributed by atoms with Gasteiger partial charge < -0.3 is 9.84 Å². The first-order valence-electron chi connectivity index (χ1n) is 6.94. The van der Waals surface area contributed by atoms with Gasteiger partial charge in [-0.25, -0.2) is 0 Å². The van der Waals surface area contributed by atoms with Gasteiger partial charge in [-0.05, 0) is 62.6 Å². The Bertz CT molecular complexity index is 604. The Morgan fingerprint density at radius 3 is 1.90 bits per heavy atom. The average molecular weight is 284 g/mol. The Morgan fingerprint density at radius 2 is 1.43 bits per heavy atom. The van der Waals surface area contributed by atoms with E-state index < -0.39 is 5.41 Å². The van der Waals surface area contributed by atoms with Crippen molar-refractivity contribution in [2.24, 2.45) is 5.41 Å². The number of aromatic hydroxyl groups is 1. The van der Waals surface area contributed by atoms with Gasteiger partial charge in [-0.3, -0.25) is 4.79 Å². The molecule has 110 valence electrons. The highest BCUT2D eigenvalue weighted by Gasteiger charge is 2.23. The lowest BCUT2D eigenvalue weighted by Gasteiger charge is -2.16. The maximum atomic E-state index is 11.8. The molecule has 0 bridgehead atoms. The number of rotatable bonds is 3. The predicted molar refractivity (Wildman–Crippen MR) is 82.4 cm³/mol. The van der Waals surface area contributed by atoms with E-state index in [1.807, 2.05) is 45.0 Å². The molecule has 0 aliphatic heterocycles. The zero-order valence-corrected chi connectivity index (χ0v) is 12.6. The average Bonchev–Trinajstić information content (AvgIpc) is 2.42. The quantitative estimate of drug-likeness (QED) is 0.686. The molecule has 2 aromatic rings. The van der Waals surface area contributed by atoms with Gasteiger partial charge in [0.05, 0.1) is 5.41 Å². The summed E-state index contributed by atoms with van der Waals surface area (Å²) in [5.74, 6) is 0.585. The van der Waals surface area contributed by atoms with E-state index in [2.05, 4.69) is 0 Å². The van der Waals surface area contributed by atoms with Crippen molar-refractivity contribution in [2.45, 2.75) is 27.2 Å². The zero-order chi connectivity index (χ0) is 15.5. The molecule has 0 aliphatic rings. The van der Waals surface area contributed by atoms with E-state index in [1.54, 1.807) is 24.3 Å². The fraction of sp³-hybridized carbons (Fsp3) is 0.278. The second kappa shape index (κ2) is 6.00. The Morgan fingerprint density at radius 1 is 0.952 bits per heavy atom. The van der Waals surface area contributed by atoms with E-state index in [9.17, 15) is 9.90 Å². The van der Waals surface area contributed by atoms with Crippen molar-refractivity contribution in [2.75, 3.05) is 0 Å². The lowest BCUT2D eigenvalue weighted by molar-refractivity contribution is -0.142. The summed E-state index contributed by atoms with van der Waals surface area (Å²) in [4.78, 5) is 11.8. The van der Waals surface area contributed by atoms with Crippen molar-refractivity contribution in [3.05, 3.63) is 59.7 Å². The minimum atomic E-state index is -0.509. The molecule has 0 heterocycles. The summed E-state index contributed by atoms with van der Waals surface area (Å²) >= 11 is 0. The van der Waals surface area contributed by atoms with E-state index in [0.717, 1.165) is 17.5 Å². The molecule has 0 aromatic heterocycles. The first-order valence-corrected chi connectivity index (χ1v) is 6.94. The van der Waals surface area contributed by atoms with E-state index in [0.29, 0.717) is 5.75 Å². The fourth-order valence-corrected chi connectivity index (χ4v) is 1.78. The van der Waals surface area contributed by atoms with E-state index >= 15 is 0 Å². The molecular formula is C18H20O3. The highest BCUT2D eigenvalue weighted by molar-refractivity contribution is 5.77. The number of carbonyl (C=O) groups is 1. The summed E-state index contributed by atoms with van der Waals surface area (Å²) in [6.45, 7) is 5.48. The second-order valence-corrected chi connectivity index (χ2v) is 6.13. The van der Waals surface area contributed by atoms with Crippen molar-refractivity contribution >= 4 is 5.97 Å². The normalized spacial score (nSPS) is 11.2. The van der Waals surface area contributed by atoms with Crippen molar-refractivity contribution in [3.63, 3.8) is 0 Å². The van der Waals surface area contributed by atoms with Crippen molar-refractivity contribution in [1.29, 1.82) is 0 Å². The van der Waals surface area contributed by atoms with Crippen molar-refractivity contribution in [1.82, 2.24) is 0 Å². The van der Waals surface area contributed by atoms with Crippen LogP contribution in [0.3, 0.4) is 0 Å². The number of hydrogen-bond acceptors (Lipinski definition) is 3. The van der Waals surface area contributed by atoms with Crippen LogP contribution in [-0.2, 0) is 11.2 Å². The number of phenols is 1. The lowest BCUT2D eigenvalue weighted by Crippen LogP contribution is -2.25. The zero-order valence-electron chi connectivity index (χ0n) is 12.6. The highest BCUT2D eigenvalue weighted by atomic mass is 16.5. The SMILES string of the molecule is CC(C)(C)C(=O)Oc1ccc(Cc2ccc(O)cc2)cc1. The second-order valence-electron chi connectivity index (χ2n) is 6.13. The van der Waals surface area contributed by atoms with Gasteiger partial charge in [-0.1, -0.05) is 24.3 Å². The summed E-state index contributed by atoms with van der Waals surface area (Å²) in [6.07, 6.45) is 0.772. The molecular weight excluding hydrogens is 264 g/mol. The number of benzene rings is 2. The Kier molecular flexibility index (Phi) is 4.32. The summed E-state index contributed by atoms with van der Waals surface area (Å²) in [7, 11) is 0. The van der Waals surface area contributed by atoms with Crippen LogP contribution in [0.2, 0.25) is 0 Å². The van der Waals surface area contributed by atoms with Crippen LogP contribution in [0, 0.1) is 5.41 Å². The summed E-state index contributed by atoms with van der Waals surface area (Å²) in [6, 6.07) is 14.6. The first kappa shape index (κ1) is 15.1. The summed E-state index contributed by atoms with van der Waals surface area (Å²) < 4.78 is 5.33. The molecule has 0 saturated heterocycles. The van der Waals surface area contributed by atoms with Gasteiger partial charge in [-0.15, -0.1) is 0 Å². The third kappa shape index (κ3) is 4.35.